The van der Waals surface area contributed by atoms with Crippen molar-refractivity contribution in [3.63, 3.8) is 0 Å². The van der Waals surface area contributed by atoms with Crippen LogP contribution in [0.1, 0.15) is 25.5 Å². The van der Waals surface area contributed by atoms with Gasteiger partial charge < -0.3 is 15.4 Å². The number of hydrogen-bond donors (Lipinski definition) is 2. The third kappa shape index (κ3) is 3.01. The molecule has 4 nitrogen and oxygen atoms in total. The van der Waals surface area contributed by atoms with E-state index in [1.54, 1.807) is 0 Å². The molecule has 98 valence electrons. The first-order valence-electron chi connectivity index (χ1n) is 6.38. The van der Waals surface area contributed by atoms with Crippen LogP contribution in [0.25, 0.3) is 0 Å². The Morgan fingerprint density at radius 3 is 2.94 bits per heavy atom. The largest absolute Gasteiger partial charge is 0.493 e. The highest BCUT2D eigenvalue weighted by Crippen LogP contribution is 2.34. The first-order chi connectivity index (χ1) is 8.68. The van der Waals surface area contributed by atoms with Gasteiger partial charge in [0.25, 0.3) is 0 Å². The number of benzene rings is 1. The first-order valence-corrected chi connectivity index (χ1v) is 6.38. The minimum Gasteiger partial charge on any atom is -0.493 e. The molecule has 18 heavy (non-hydrogen) atoms. The van der Waals surface area contributed by atoms with Gasteiger partial charge in [0.15, 0.2) is 0 Å². The SMILES string of the molecule is CC(=O)NCCNC1c2ccccc2OCC1C. The van der Waals surface area contributed by atoms with Crippen LogP contribution in [0, 0.1) is 5.92 Å². The Morgan fingerprint density at radius 1 is 1.39 bits per heavy atom. The molecule has 0 radical (unpaired) electrons. The van der Waals surface area contributed by atoms with Crippen molar-refractivity contribution in [3.8, 4) is 5.75 Å². The van der Waals surface area contributed by atoms with Gasteiger partial charge in [0.05, 0.1) is 6.61 Å². The molecule has 2 N–H and O–H groups in total. The standard InChI is InChI=1S/C14H20N2O2/c1-10-9-18-13-6-4-3-5-12(13)14(10)16-8-7-15-11(2)17/h3-6,10,14,16H,7-9H2,1-2H3,(H,15,17). The summed E-state index contributed by atoms with van der Waals surface area (Å²) in [5, 5.41) is 6.28. The Morgan fingerprint density at radius 2 is 2.17 bits per heavy atom. The fraction of sp³-hybridized carbons (Fsp3) is 0.500. The zero-order valence-electron chi connectivity index (χ0n) is 10.9. The maximum absolute atomic E-state index is 10.8. The fourth-order valence-electron chi connectivity index (χ4n) is 2.27. The fourth-order valence-corrected chi connectivity index (χ4v) is 2.27. The number of ether oxygens (including phenoxy) is 1. The van der Waals surface area contributed by atoms with Crippen molar-refractivity contribution < 1.29 is 9.53 Å². The minimum atomic E-state index is 0.0113. The van der Waals surface area contributed by atoms with Crippen molar-refractivity contribution in [1.29, 1.82) is 0 Å². The number of amides is 1. The zero-order chi connectivity index (χ0) is 13.0. The van der Waals surface area contributed by atoms with Gasteiger partial charge in [-0.25, -0.2) is 0 Å². The molecule has 2 unspecified atom stereocenters. The van der Waals surface area contributed by atoms with E-state index in [0.717, 1.165) is 18.9 Å². The van der Waals surface area contributed by atoms with E-state index in [-0.39, 0.29) is 5.91 Å². The summed E-state index contributed by atoms with van der Waals surface area (Å²) in [5.74, 6) is 1.40. The normalized spacial score (nSPS) is 21.9. The van der Waals surface area contributed by atoms with Crippen molar-refractivity contribution in [3.05, 3.63) is 29.8 Å². The smallest absolute Gasteiger partial charge is 0.216 e. The van der Waals surface area contributed by atoms with E-state index >= 15 is 0 Å². The summed E-state index contributed by atoms with van der Waals surface area (Å²) in [6, 6.07) is 8.42. The summed E-state index contributed by atoms with van der Waals surface area (Å²) >= 11 is 0. The Bertz CT molecular complexity index is 420. The van der Waals surface area contributed by atoms with E-state index in [2.05, 4.69) is 23.6 Å². The van der Waals surface area contributed by atoms with Crippen LogP contribution in [0.4, 0.5) is 0 Å². The zero-order valence-corrected chi connectivity index (χ0v) is 10.9. The highest BCUT2D eigenvalue weighted by Gasteiger charge is 2.26. The lowest BCUT2D eigenvalue weighted by atomic mass is 9.92. The lowest BCUT2D eigenvalue weighted by Crippen LogP contribution is -2.38. The number of hydrogen-bond acceptors (Lipinski definition) is 3. The Labute approximate surface area is 108 Å². The number of fused-ring (bicyclic) bond motifs is 1. The summed E-state index contributed by atoms with van der Waals surface area (Å²) in [6.45, 7) is 5.86. The summed E-state index contributed by atoms with van der Waals surface area (Å²) < 4.78 is 5.70. The van der Waals surface area contributed by atoms with Crippen molar-refractivity contribution >= 4 is 5.91 Å². The van der Waals surface area contributed by atoms with E-state index in [4.69, 9.17) is 4.74 Å². The van der Waals surface area contributed by atoms with E-state index < -0.39 is 0 Å². The Hall–Kier alpha value is -1.55. The number of carbonyl (C=O) groups is 1. The van der Waals surface area contributed by atoms with Gasteiger partial charge >= 0.3 is 0 Å². The molecule has 0 aliphatic carbocycles. The van der Waals surface area contributed by atoms with Crippen molar-refractivity contribution in [2.45, 2.75) is 19.9 Å². The minimum absolute atomic E-state index is 0.0113. The predicted octanol–water partition coefficient (Wildman–Crippen LogP) is 1.48. The molecule has 0 aromatic heterocycles. The predicted molar refractivity (Wildman–Crippen MR) is 70.5 cm³/mol. The van der Waals surface area contributed by atoms with Gasteiger partial charge in [-0.05, 0) is 6.07 Å². The molecule has 1 heterocycles. The second-order valence-electron chi connectivity index (χ2n) is 4.74. The number of rotatable bonds is 4. The topological polar surface area (TPSA) is 50.4 Å². The molecule has 4 heteroatoms. The molecule has 0 saturated heterocycles. The van der Waals surface area contributed by atoms with Crippen molar-refractivity contribution in [1.82, 2.24) is 10.6 Å². The molecule has 1 aliphatic heterocycles. The summed E-state index contributed by atoms with van der Waals surface area (Å²) in [6.07, 6.45) is 0. The van der Waals surface area contributed by atoms with Crippen LogP contribution >= 0.6 is 0 Å². The molecule has 0 fully saturated rings. The van der Waals surface area contributed by atoms with Crippen molar-refractivity contribution in [2.75, 3.05) is 19.7 Å². The van der Waals surface area contributed by atoms with E-state index in [1.165, 1.54) is 12.5 Å². The van der Waals surface area contributed by atoms with Crippen LogP contribution in [0.15, 0.2) is 24.3 Å². The lowest BCUT2D eigenvalue weighted by Gasteiger charge is -2.32. The number of nitrogens with one attached hydrogen (secondary N) is 2. The molecule has 0 spiro atoms. The Kier molecular flexibility index (Phi) is 4.20. The van der Waals surface area contributed by atoms with Gasteiger partial charge in [0.1, 0.15) is 5.75 Å². The van der Waals surface area contributed by atoms with Crippen molar-refractivity contribution in [2.24, 2.45) is 5.92 Å². The number of para-hydroxylation sites is 1. The summed E-state index contributed by atoms with van der Waals surface area (Å²) in [7, 11) is 0. The van der Waals surface area contributed by atoms with Crippen LogP contribution in [-0.2, 0) is 4.79 Å². The molecule has 0 bridgehead atoms. The summed E-state index contributed by atoms with van der Waals surface area (Å²) in [5.41, 5.74) is 1.21. The van der Waals surface area contributed by atoms with Gasteiger partial charge in [-0.3, -0.25) is 4.79 Å². The van der Waals surface area contributed by atoms with Crippen LogP contribution in [0.5, 0.6) is 5.75 Å². The molecular formula is C14H20N2O2. The average Bonchev–Trinajstić information content (AvgIpc) is 2.36. The molecule has 2 atom stereocenters. The molecule has 2 rings (SSSR count). The second-order valence-corrected chi connectivity index (χ2v) is 4.74. The quantitative estimate of drug-likeness (QED) is 0.794. The first kappa shape index (κ1) is 12.9. The van der Waals surface area contributed by atoms with Gasteiger partial charge in [0.2, 0.25) is 5.91 Å². The highest BCUT2D eigenvalue weighted by molar-refractivity contribution is 5.72. The van der Waals surface area contributed by atoms with Gasteiger partial charge in [0, 0.05) is 37.5 Å². The highest BCUT2D eigenvalue weighted by atomic mass is 16.5. The molecular weight excluding hydrogens is 228 g/mol. The van der Waals surface area contributed by atoms with E-state index in [9.17, 15) is 4.79 Å². The van der Waals surface area contributed by atoms with E-state index in [1.807, 2.05) is 18.2 Å². The van der Waals surface area contributed by atoms with Crippen LogP contribution in [-0.4, -0.2) is 25.6 Å². The van der Waals surface area contributed by atoms with Crippen LogP contribution < -0.4 is 15.4 Å². The monoisotopic (exact) mass is 248 g/mol. The second kappa shape index (κ2) is 5.87. The molecule has 1 amide bonds. The van der Waals surface area contributed by atoms with Gasteiger partial charge in [-0.15, -0.1) is 0 Å². The maximum Gasteiger partial charge on any atom is 0.216 e. The van der Waals surface area contributed by atoms with E-state index in [0.29, 0.717) is 18.5 Å². The molecule has 1 aliphatic rings. The van der Waals surface area contributed by atoms with Gasteiger partial charge in [-0.2, -0.15) is 0 Å². The van der Waals surface area contributed by atoms with Crippen LogP contribution in [0.2, 0.25) is 0 Å². The summed E-state index contributed by atoms with van der Waals surface area (Å²) in [4.78, 5) is 10.8. The molecule has 1 aromatic carbocycles. The third-order valence-electron chi connectivity index (χ3n) is 3.19. The lowest BCUT2D eigenvalue weighted by molar-refractivity contribution is -0.118. The average molecular weight is 248 g/mol. The Balaban J connectivity index is 1.96. The number of carbonyl (C=O) groups excluding carboxylic acids is 1. The van der Waals surface area contributed by atoms with Crippen LogP contribution in [0.3, 0.4) is 0 Å². The molecule has 1 aromatic rings. The molecule has 0 saturated carbocycles. The van der Waals surface area contributed by atoms with Gasteiger partial charge in [-0.1, -0.05) is 25.1 Å². The third-order valence-corrected chi connectivity index (χ3v) is 3.19. The maximum atomic E-state index is 10.8.